The monoisotopic (exact) mass is 433 g/mol. The molecular weight excluding hydrogens is 410 g/mol. The molecule has 2 heterocycles. The van der Waals surface area contributed by atoms with Crippen LogP contribution in [-0.2, 0) is 6.61 Å². The van der Waals surface area contributed by atoms with Crippen molar-refractivity contribution in [3.8, 4) is 39.8 Å². The van der Waals surface area contributed by atoms with Gasteiger partial charge in [-0.3, -0.25) is 0 Å². The maximum atomic E-state index is 6.17. The lowest BCUT2D eigenvalue weighted by atomic mass is 10.0. The Bertz CT molecular complexity index is 1330. The predicted octanol–water partition coefficient (Wildman–Crippen LogP) is 6.19. The average molecular weight is 434 g/mol. The van der Waals surface area contributed by atoms with Crippen LogP contribution in [0.2, 0.25) is 0 Å². The molecule has 0 aliphatic heterocycles. The summed E-state index contributed by atoms with van der Waals surface area (Å²) >= 11 is 0. The van der Waals surface area contributed by atoms with Crippen LogP contribution in [0.5, 0.6) is 11.6 Å². The summed E-state index contributed by atoms with van der Waals surface area (Å²) in [7, 11) is 1.67. The molecule has 0 fully saturated rings. The molecule has 162 valence electrons. The summed E-state index contributed by atoms with van der Waals surface area (Å²) in [6.07, 6.45) is 1.75. The van der Waals surface area contributed by atoms with Crippen molar-refractivity contribution in [2.45, 2.75) is 6.61 Å². The lowest BCUT2D eigenvalue weighted by Crippen LogP contribution is -2.04. The highest BCUT2D eigenvalue weighted by Crippen LogP contribution is 2.30. The standard InChI is InChI=1S/C28H23N3O2/c1-32-25-15-13-22(14-16-25)23-10-7-11-24(18-23)26-19-28(33-20-21-8-3-2-4-9-21)31(30-26)27-12-5-6-17-29-27/h2-19H,20H2,1H3. The highest BCUT2D eigenvalue weighted by molar-refractivity contribution is 5.72. The van der Waals surface area contributed by atoms with Gasteiger partial charge in [0, 0.05) is 17.8 Å². The van der Waals surface area contributed by atoms with E-state index in [1.807, 2.05) is 72.8 Å². The Morgan fingerprint density at radius 1 is 0.727 bits per heavy atom. The second kappa shape index (κ2) is 9.40. The number of rotatable bonds is 7. The average Bonchev–Trinajstić information content (AvgIpc) is 3.33. The second-order valence-electron chi connectivity index (χ2n) is 7.55. The van der Waals surface area contributed by atoms with Gasteiger partial charge in [0.1, 0.15) is 12.4 Å². The molecule has 0 saturated heterocycles. The minimum absolute atomic E-state index is 0.449. The summed E-state index contributed by atoms with van der Waals surface area (Å²) in [5, 5.41) is 4.83. The molecule has 2 aromatic heterocycles. The maximum absolute atomic E-state index is 6.17. The third-order valence-electron chi connectivity index (χ3n) is 5.35. The fourth-order valence-electron chi connectivity index (χ4n) is 3.62. The van der Waals surface area contributed by atoms with Crippen molar-refractivity contribution in [1.29, 1.82) is 0 Å². The van der Waals surface area contributed by atoms with Crippen LogP contribution in [0.3, 0.4) is 0 Å². The number of hydrogen-bond donors (Lipinski definition) is 0. The second-order valence-corrected chi connectivity index (χ2v) is 7.55. The topological polar surface area (TPSA) is 49.2 Å². The summed E-state index contributed by atoms with van der Waals surface area (Å²) in [5.41, 5.74) is 5.13. The number of benzene rings is 3. The Kier molecular flexibility index (Phi) is 5.85. The van der Waals surface area contributed by atoms with Gasteiger partial charge >= 0.3 is 0 Å². The molecule has 0 amide bonds. The van der Waals surface area contributed by atoms with Gasteiger partial charge in [-0.05, 0) is 47.0 Å². The number of pyridine rings is 1. The molecule has 0 radical (unpaired) electrons. The Labute approximate surface area is 192 Å². The smallest absolute Gasteiger partial charge is 0.219 e. The molecule has 0 atom stereocenters. The molecule has 0 aliphatic rings. The van der Waals surface area contributed by atoms with Crippen molar-refractivity contribution >= 4 is 0 Å². The summed E-state index contributed by atoms with van der Waals surface area (Å²) < 4.78 is 13.2. The molecule has 0 N–H and O–H groups in total. The minimum Gasteiger partial charge on any atom is -0.497 e. The van der Waals surface area contributed by atoms with Gasteiger partial charge in [-0.1, -0.05) is 66.7 Å². The van der Waals surface area contributed by atoms with E-state index in [0.717, 1.165) is 33.7 Å². The first kappa shape index (κ1) is 20.5. The third kappa shape index (κ3) is 4.62. The zero-order chi connectivity index (χ0) is 22.5. The SMILES string of the molecule is COc1ccc(-c2cccc(-c3cc(OCc4ccccc4)n(-c4ccccn4)n3)c2)cc1. The normalized spacial score (nSPS) is 10.7. The molecule has 5 heteroatoms. The van der Waals surface area contributed by atoms with E-state index < -0.39 is 0 Å². The summed E-state index contributed by atoms with van der Waals surface area (Å²) in [5.74, 6) is 2.18. The van der Waals surface area contributed by atoms with Crippen molar-refractivity contribution in [3.63, 3.8) is 0 Å². The molecular formula is C28H23N3O2. The zero-order valence-electron chi connectivity index (χ0n) is 18.3. The van der Waals surface area contributed by atoms with E-state index in [0.29, 0.717) is 18.3 Å². The van der Waals surface area contributed by atoms with Crippen molar-refractivity contribution in [3.05, 3.63) is 115 Å². The van der Waals surface area contributed by atoms with E-state index in [-0.39, 0.29) is 0 Å². The molecule has 33 heavy (non-hydrogen) atoms. The van der Waals surface area contributed by atoms with E-state index in [4.69, 9.17) is 14.6 Å². The fourth-order valence-corrected chi connectivity index (χ4v) is 3.62. The van der Waals surface area contributed by atoms with Gasteiger partial charge in [0.2, 0.25) is 5.88 Å². The fraction of sp³-hybridized carbons (Fsp3) is 0.0714. The van der Waals surface area contributed by atoms with E-state index in [1.165, 1.54) is 0 Å². The van der Waals surface area contributed by atoms with E-state index in [9.17, 15) is 0 Å². The number of nitrogens with zero attached hydrogens (tertiary/aromatic N) is 3. The van der Waals surface area contributed by atoms with Gasteiger partial charge in [0.05, 0.1) is 12.8 Å². The molecule has 5 nitrogen and oxygen atoms in total. The van der Waals surface area contributed by atoms with Crippen LogP contribution in [0.1, 0.15) is 5.56 Å². The Morgan fingerprint density at radius 2 is 1.52 bits per heavy atom. The van der Waals surface area contributed by atoms with Crippen LogP contribution in [0, 0.1) is 0 Å². The largest absolute Gasteiger partial charge is 0.497 e. The highest BCUT2D eigenvalue weighted by atomic mass is 16.5. The van der Waals surface area contributed by atoms with Gasteiger partial charge in [-0.25, -0.2) is 4.98 Å². The van der Waals surface area contributed by atoms with E-state index in [1.54, 1.807) is 18.0 Å². The van der Waals surface area contributed by atoms with Gasteiger partial charge in [0.15, 0.2) is 5.82 Å². The van der Waals surface area contributed by atoms with Gasteiger partial charge in [-0.15, -0.1) is 0 Å². The minimum atomic E-state index is 0.449. The molecule has 3 aromatic carbocycles. The first-order valence-corrected chi connectivity index (χ1v) is 10.7. The highest BCUT2D eigenvalue weighted by Gasteiger charge is 2.14. The molecule has 0 spiro atoms. The maximum Gasteiger partial charge on any atom is 0.219 e. The van der Waals surface area contributed by atoms with Gasteiger partial charge in [-0.2, -0.15) is 9.78 Å². The quantitative estimate of drug-likeness (QED) is 0.307. The van der Waals surface area contributed by atoms with Crippen LogP contribution < -0.4 is 9.47 Å². The number of methoxy groups -OCH3 is 1. The van der Waals surface area contributed by atoms with Gasteiger partial charge in [0.25, 0.3) is 0 Å². The molecule has 5 aromatic rings. The Balaban J connectivity index is 1.49. The van der Waals surface area contributed by atoms with E-state index >= 15 is 0 Å². The molecule has 0 unspecified atom stereocenters. The first-order chi connectivity index (χ1) is 16.3. The van der Waals surface area contributed by atoms with Crippen LogP contribution in [-0.4, -0.2) is 21.9 Å². The lowest BCUT2D eigenvalue weighted by Gasteiger charge is -2.08. The third-order valence-corrected chi connectivity index (χ3v) is 5.35. The molecule has 0 saturated carbocycles. The Morgan fingerprint density at radius 3 is 2.27 bits per heavy atom. The van der Waals surface area contributed by atoms with Crippen molar-refractivity contribution < 1.29 is 9.47 Å². The molecule has 0 bridgehead atoms. The summed E-state index contributed by atoms with van der Waals surface area (Å²) in [6, 6.07) is 34.2. The molecule has 0 aliphatic carbocycles. The predicted molar refractivity (Wildman–Crippen MR) is 130 cm³/mol. The number of ether oxygens (including phenoxy) is 2. The van der Waals surface area contributed by atoms with Crippen LogP contribution >= 0.6 is 0 Å². The van der Waals surface area contributed by atoms with E-state index in [2.05, 4.69) is 35.3 Å². The van der Waals surface area contributed by atoms with Crippen LogP contribution in [0.15, 0.2) is 109 Å². The van der Waals surface area contributed by atoms with Crippen molar-refractivity contribution in [1.82, 2.24) is 14.8 Å². The molecule has 5 rings (SSSR count). The summed E-state index contributed by atoms with van der Waals surface area (Å²) in [4.78, 5) is 4.46. The number of hydrogen-bond acceptors (Lipinski definition) is 4. The Hall–Kier alpha value is -4.38. The van der Waals surface area contributed by atoms with Crippen LogP contribution in [0.4, 0.5) is 0 Å². The number of aromatic nitrogens is 3. The van der Waals surface area contributed by atoms with Crippen molar-refractivity contribution in [2.75, 3.05) is 7.11 Å². The van der Waals surface area contributed by atoms with Crippen molar-refractivity contribution in [2.24, 2.45) is 0 Å². The summed E-state index contributed by atoms with van der Waals surface area (Å²) in [6.45, 7) is 0.449. The zero-order valence-corrected chi connectivity index (χ0v) is 18.3. The lowest BCUT2D eigenvalue weighted by molar-refractivity contribution is 0.284. The van der Waals surface area contributed by atoms with Gasteiger partial charge < -0.3 is 9.47 Å². The van der Waals surface area contributed by atoms with Crippen LogP contribution in [0.25, 0.3) is 28.2 Å². The first-order valence-electron chi connectivity index (χ1n) is 10.7.